The van der Waals surface area contributed by atoms with E-state index in [4.69, 9.17) is 0 Å². The van der Waals surface area contributed by atoms with Gasteiger partial charge in [-0.05, 0) is 0 Å². The zero-order chi connectivity index (χ0) is 17.7. The van der Waals surface area contributed by atoms with Crippen molar-refractivity contribution in [3.05, 3.63) is 71.9 Å². The molecule has 0 atom stereocenters. The highest BCUT2D eigenvalue weighted by atomic mass is 32.2. The second-order valence-corrected chi connectivity index (χ2v) is 8.30. The van der Waals surface area contributed by atoms with E-state index >= 15 is 0 Å². The topological polar surface area (TPSA) is 102 Å². The fraction of sp³-hybridized carbons (Fsp3) is 0. The molecule has 0 saturated carbocycles. The van der Waals surface area contributed by atoms with E-state index in [0.717, 1.165) is 32.4 Å². The molecule has 0 heterocycles. The summed E-state index contributed by atoms with van der Waals surface area (Å²) in [6.45, 7) is 18.3. The fourth-order valence-electron chi connectivity index (χ4n) is 0.204. The van der Waals surface area contributed by atoms with Gasteiger partial charge >= 0.3 is 0 Å². The Morgan fingerprint density at radius 1 is 0.381 bits per heavy atom. The Labute approximate surface area is 127 Å². The van der Waals surface area contributed by atoms with Crippen LogP contribution in [0.1, 0.15) is 0 Å². The standard InChI is InChI=1S/3C4H6O2S/c3*1-3-7(5,6)4-2/h3*3-4H,1-2H2. The lowest BCUT2D eigenvalue weighted by Gasteiger charge is -1.78. The third-order valence-corrected chi connectivity index (χ3v) is 4.18. The Kier molecular flexibility index (Phi) is 12.7. The summed E-state index contributed by atoms with van der Waals surface area (Å²) >= 11 is 0. The van der Waals surface area contributed by atoms with E-state index in [-0.39, 0.29) is 0 Å². The maximum absolute atomic E-state index is 10.1. The zero-order valence-electron chi connectivity index (χ0n) is 11.4. The summed E-state index contributed by atoms with van der Waals surface area (Å²) in [4.78, 5) is 0. The lowest BCUT2D eigenvalue weighted by molar-refractivity contribution is 0.611. The molecule has 0 unspecified atom stereocenters. The number of hydrogen-bond acceptors (Lipinski definition) is 6. The van der Waals surface area contributed by atoms with Crippen molar-refractivity contribution in [3.63, 3.8) is 0 Å². The summed E-state index contributed by atoms with van der Waals surface area (Å²) in [6, 6.07) is 0. The van der Waals surface area contributed by atoms with Gasteiger partial charge in [-0.15, -0.1) is 0 Å². The van der Waals surface area contributed by atoms with Crippen LogP contribution in [-0.4, -0.2) is 25.3 Å². The van der Waals surface area contributed by atoms with E-state index in [1.54, 1.807) is 0 Å². The van der Waals surface area contributed by atoms with Crippen molar-refractivity contribution < 1.29 is 25.3 Å². The van der Waals surface area contributed by atoms with Crippen molar-refractivity contribution >= 4 is 29.5 Å². The van der Waals surface area contributed by atoms with E-state index in [1.165, 1.54) is 0 Å². The van der Waals surface area contributed by atoms with Crippen molar-refractivity contribution in [3.8, 4) is 0 Å². The van der Waals surface area contributed by atoms with Gasteiger partial charge in [-0.2, -0.15) is 0 Å². The summed E-state index contributed by atoms with van der Waals surface area (Å²) in [5.41, 5.74) is 0. The molecule has 0 aliphatic rings. The molecule has 0 spiro atoms. The molecule has 0 N–H and O–H groups in total. The van der Waals surface area contributed by atoms with E-state index in [2.05, 4.69) is 39.5 Å². The molecule has 0 aromatic carbocycles. The molecule has 0 aliphatic heterocycles. The molecule has 0 rings (SSSR count). The molecule has 0 fully saturated rings. The largest absolute Gasteiger partial charge is 0.220 e. The van der Waals surface area contributed by atoms with E-state index in [9.17, 15) is 25.3 Å². The average molecular weight is 354 g/mol. The third-order valence-electron chi connectivity index (χ3n) is 1.39. The SMILES string of the molecule is C=CS(=O)(=O)C=C.C=CS(=O)(=O)C=C.C=CS(=O)(=O)C=C. The Bertz CT molecular complexity index is 550. The highest BCUT2D eigenvalue weighted by molar-refractivity contribution is 7.97. The molecule has 21 heavy (non-hydrogen) atoms. The second-order valence-electron chi connectivity index (χ2n) is 2.77. The van der Waals surface area contributed by atoms with Gasteiger partial charge in [0.25, 0.3) is 0 Å². The van der Waals surface area contributed by atoms with Gasteiger partial charge in [-0.3, -0.25) is 0 Å². The van der Waals surface area contributed by atoms with Crippen molar-refractivity contribution in [2.45, 2.75) is 0 Å². The summed E-state index contributed by atoms with van der Waals surface area (Å²) in [7, 11) is -9.39. The molecule has 0 aliphatic carbocycles. The molecule has 0 bridgehead atoms. The molecule has 0 saturated heterocycles. The van der Waals surface area contributed by atoms with Gasteiger partial charge in [0.1, 0.15) is 0 Å². The summed E-state index contributed by atoms with van der Waals surface area (Å²) in [6.07, 6.45) is 0. The Hall–Kier alpha value is -1.71. The van der Waals surface area contributed by atoms with Gasteiger partial charge in [-0.25, -0.2) is 25.3 Å². The van der Waals surface area contributed by atoms with Crippen LogP contribution in [-0.2, 0) is 29.5 Å². The molecule has 0 aromatic rings. The highest BCUT2D eigenvalue weighted by Crippen LogP contribution is 1.88. The van der Waals surface area contributed by atoms with Crippen LogP contribution in [0.15, 0.2) is 71.9 Å². The van der Waals surface area contributed by atoms with E-state index in [1.807, 2.05) is 0 Å². The molecule has 6 nitrogen and oxygen atoms in total. The highest BCUT2D eigenvalue weighted by Gasteiger charge is 1.91. The maximum Gasteiger partial charge on any atom is 0.191 e. The van der Waals surface area contributed by atoms with E-state index in [0.29, 0.717) is 0 Å². The summed E-state index contributed by atoms with van der Waals surface area (Å²) in [5.74, 6) is 0. The molecular formula is C12H18O6S3. The fourth-order valence-corrected chi connectivity index (χ4v) is 0.612. The van der Waals surface area contributed by atoms with Gasteiger partial charge in [0.2, 0.25) is 0 Å². The quantitative estimate of drug-likeness (QED) is 0.723. The first kappa shape index (κ1) is 24.3. The lowest BCUT2D eigenvalue weighted by atomic mass is 11.3. The first-order chi connectivity index (χ1) is 9.36. The monoisotopic (exact) mass is 354 g/mol. The van der Waals surface area contributed by atoms with Gasteiger partial charge in [0.05, 0.1) is 0 Å². The predicted octanol–water partition coefficient (Wildman–Crippen LogP) is 2.06. The smallest absolute Gasteiger partial charge is 0.191 e. The van der Waals surface area contributed by atoms with Gasteiger partial charge in [0, 0.05) is 32.4 Å². The van der Waals surface area contributed by atoms with Crippen LogP contribution in [0.25, 0.3) is 0 Å². The van der Waals surface area contributed by atoms with Gasteiger partial charge in [-0.1, -0.05) is 39.5 Å². The molecule has 0 radical (unpaired) electrons. The maximum atomic E-state index is 10.1. The van der Waals surface area contributed by atoms with Crippen molar-refractivity contribution in [1.82, 2.24) is 0 Å². The molecular weight excluding hydrogens is 336 g/mol. The third kappa shape index (κ3) is 18.3. The first-order valence-electron chi connectivity index (χ1n) is 4.86. The molecule has 9 heteroatoms. The van der Waals surface area contributed by atoms with Crippen molar-refractivity contribution in [1.29, 1.82) is 0 Å². The molecule has 0 amide bonds. The van der Waals surface area contributed by atoms with Crippen LogP contribution in [0.4, 0.5) is 0 Å². The minimum atomic E-state index is -3.13. The Morgan fingerprint density at radius 3 is 0.476 bits per heavy atom. The second kappa shape index (κ2) is 11.0. The van der Waals surface area contributed by atoms with Gasteiger partial charge < -0.3 is 0 Å². The zero-order valence-corrected chi connectivity index (χ0v) is 13.8. The van der Waals surface area contributed by atoms with Gasteiger partial charge in [0.15, 0.2) is 29.5 Å². The summed E-state index contributed by atoms with van der Waals surface area (Å²) < 4.78 is 60.8. The van der Waals surface area contributed by atoms with Crippen LogP contribution in [0.5, 0.6) is 0 Å². The number of rotatable bonds is 6. The number of hydrogen-bond donors (Lipinski definition) is 0. The average Bonchev–Trinajstić information content (AvgIpc) is 2.48. The minimum Gasteiger partial charge on any atom is -0.220 e. The van der Waals surface area contributed by atoms with Crippen LogP contribution in [0, 0.1) is 0 Å². The predicted molar refractivity (Wildman–Crippen MR) is 87.9 cm³/mol. The lowest BCUT2D eigenvalue weighted by Crippen LogP contribution is -1.83. The van der Waals surface area contributed by atoms with E-state index < -0.39 is 29.5 Å². The summed E-state index contributed by atoms with van der Waals surface area (Å²) in [5, 5.41) is 5.08. The van der Waals surface area contributed by atoms with Crippen LogP contribution < -0.4 is 0 Å². The number of sulfone groups is 3. The van der Waals surface area contributed by atoms with Crippen LogP contribution in [0.2, 0.25) is 0 Å². The molecule has 0 aromatic heterocycles. The Morgan fingerprint density at radius 2 is 0.476 bits per heavy atom. The van der Waals surface area contributed by atoms with Crippen LogP contribution in [0.3, 0.4) is 0 Å². The van der Waals surface area contributed by atoms with Crippen LogP contribution >= 0.6 is 0 Å². The normalized spacial score (nSPS) is 10.3. The molecule has 120 valence electrons. The van der Waals surface area contributed by atoms with Crippen molar-refractivity contribution in [2.24, 2.45) is 0 Å². The minimum absolute atomic E-state index is 0.847. The Balaban J connectivity index is -0.000000231. The first-order valence-corrected chi connectivity index (χ1v) is 9.69. The van der Waals surface area contributed by atoms with Crippen molar-refractivity contribution in [2.75, 3.05) is 0 Å².